The average molecular weight is 341 g/mol. The van der Waals surface area contributed by atoms with E-state index in [1.165, 1.54) is 9.70 Å². The van der Waals surface area contributed by atoms with E-state index in [0.717, 1.165) is 5.56 Å². The number of benzene rings is 1. The first kappa shape index (κ1) is 16.7. The summed E-state index contributed by atoms with van der Waals surface area (Å²) in [6.07, 6.45) is 0.683. The van der Waals surface area contributed by atoms with Crippen molar-refractivity contribution in [2.45, 2.75) is 32.9 Å². The third kappa shape index (κ3) is 3.70. The van der Waals surface area contributed by atoms with Crippen molar-refractivity contribution in [2.24, 2.45) is 0 Å². The van der Waals surface area contributed by atoms with Crippen LogP contribution < -0.4 is 0 Å². The van der Waals surface area contributed by atoms with Gasteiger partial charge in [-0.05, 0) is 12.1 Å². The van der Waals surface area contributed by atoms with Crippen LogP contribution in [0.4, 0.5) is 0 Å². The van der Waals surface area contributed by atoms with Crippen molar-refractivity contribution >= 4 is 5.91 Å². The topological polar surface area (TPSA) is 103 Å². The summed E-state index contributed by atoms with van der Waals surface area (Å²) in [5.41, 5.74) is 0.847. The van der Waals surface area contributed by atoms with Crippen LogP contribution >= 0.6 is 0 Å². The molecule has 1 atom stereocenters. The fourth-order valence-corrected chi connectivity index (χ4v) is 2.29. The van der Waals surface area contributed by atoms with Crippen LogP contribution in [-0.2, 0) is 17.8 Å². The molecular formula is C16H19N7O2. The Morgan fingerprint density at radius 3 is 2.76 bits per heavy atom. The highest BCUT2D eigenvalue weighted by atomic mass is 16.5. The second-order valence-electron chi connectivity index (χ2n) is 5.63. The summed E-state index contributed by atoms with van der Waals surface area (Å²) in [4.78, 5) is 19.6. The van der Waals surface area contributed by atoms with Crippen LogP contribution in [0.15, 0.2) is 34.9 Å². The molecule has 1 aromatic carbocycles. The van der Waals surface area contributed by atoms with E-state index in [2.05, 4.69) is 25.6 Å². The van der Waals surface area contributed by atoms with Crippen molar-refractivity contribution < 1.29 is 9.32 Å². The van der Waals surface area contributed by atoms with Crippen molar-refractivity contribution in [1.29, 1.82) is 0 Å². The van der Waals surface area contributed by atoms with Gasteiger partial charge in [-0.1, -0.05) is 42.4 Å². The van der Waals surface area contributed by atoms with E-state index in [4.69, 9.17) is 4.52 Å². The number of aromatic nitrogens is 6. The summed E-state index contributed by atoms with van der Waals surface area (Å²) < 4.78 is 5.12. The maximum atomic E-state index is 12.6. The third-order valence-corrected chi connectivity index (χ3v) is 3.74. The fraction of sp³-hybridized carbons (Fsp3) is 0.375. The number of hydrogen-bond acceptors (Lipinski definition) is 7. The Kier molecular flexibility index (Phi) is 4.82. The van der Waals surface area contributed by atoms with E-state index in [0.29, 0.717) is 24.0 Å². The number of nitrogens with zero attached hydrogens (tertiary/aromatic N) is 7. The predicted octanol–water partition coefficient (Wildman–Crippen LogP) is 1.51. The first-order valence-electron chi connectivity index (χ1n) is 8.00. The summed E-state index contributed by atoms with van der Waals surface area (Å²) in [7, 11) is 1.67. The molecule has 3 aromatic rings. The quantitative estimate of drug-likeness (QED) is 0.669. The van der Waals surface area contributed by atoms with E-state index >= 15 is 0 Å². The molecule has 1 amide bonds. The molecule has 0 saturated heterocycles. The molecule has 9 nitrogen and oxygen atoms in total. The first-order chi connectivity index (χ1) is 12.1. The van der Waals surface area contributed by atoms with Gasteiger partial charge in [0.05, 0.1) is 6.54 Å². The van der Waals surface area contributed by atoms with Crippen molar-refractivity contribution in [3.05, 3.63) is 42.0 Å². The van der Waals surface area contributed by atoms with Gasteiger partial charge >= 0.3 is 0 Å². The van der Waals surface area contributed by atoms with Gasteiger partial charge in [-0.3, -0.25) is 4.79 Å². The summed E-state index contributed by atoms with van der Waals surface area (Å²) in [6, 6.07) is 8.89. The SMILES string of the molecule is CCc1noc(CN(C)C(=O)C(C)n2nnc(-c3ccccc3)n2)n1. The lowest BCUT2D eigenvalue weighted by molar-refractivity contribution is -0.134. The summed E-state index contributed by atoms with van der Waals surface area (Å²) in [5.74, 6) is 1.33. The highest BCUT2D eigenvalue weighted by Crippen LogP contribution is 2.15. The van der Waals surface area contributed by atoms with E-state index in [9.17, 15) is 4.79 Å². The standard InChI is InChI=1S/C16H19N7O2/c1-4-13-17-14(25-20-13)10-22(3)16(24)11(2)23-19-15(18-21-23)12-8-6-5-7-9-12/h5-9,11H,4,10H2,1-3H3. The van der Waals surface area contributed by atoms with Gasteiger partial charge in [0.1, 0.15) is 6.04 Å². The molecule has 0 aliphatic heterocycles. The highest BCUT2D eigenvalue weighted by Gasteiger charge is 2.23. The molecule has 130 valence electrons. The molecule has 0 saturated carbocycles. The molecule has 2 aromatic heterocycles. The zero-order valence-corrected chi connectivity index (χ0v) is 14.3. The summed E-state index contributed by atoms with van der Waals surface area (Å²) in [6.45, 7) is 3.89. The van der Waals surface area contributed by atoms with Crippen molar-refractivity contribution in [3.63, 3.8) is 0 Å². The molecule has 0 N–H and O–H groups in total. The average Bonchev–Trinajstić information content (AvgIpc) is 3.30. The molecule has 1 unspecified atom stereocenters. The lowest BCUT2D eigenvalue weighted by Gasteiger charge is -2.18. The highest BCUT2D eigenvalue weighted by molar-refractivity contribution is 5.79. The molecule has 0 aliphatic carbocycles. The molecule has 25 heavy (non-hydrogen) atoms. The minimum Gasteiger partial charge on any atom is -0.337 e. The smallest absolute Gasteiger partial charge is 0.249 e. The predicted molar refractivity (Wildman–Crippen MR) is 88.1 cm³/mol. The zero-order chi connectivity index (χ0) is 17.8. The Morgan fingerprint density at radius 1 is 1.32 bits per heavy atom. The summed E-state index contributed by atoms with van der Waals surface area (Å²) >= 11 is 0. The van der Waals surface area contributed by atoms with Gasteiger partial charge in [-0.2, -0.15) is 9.78 Å². The normalized spacial score (nSPS) is 12.1. The Hall–Kier alpha value is -3.10. The van der Waals surface area contributed by atoms with Crippen LogP contribution in [0, 0.1) is 0 Å². The number of amides is 1. The first-order valence-corrected chi connectivity index (χ1v) is 8.00. The van der Waals surface area contributed by atoms with Crippen LogP contribution in [0.25, 0.3) is 11.4 Å². The summed E-state index contributed by atoms with van der Waals surface area (Å²) in [5, 5.41) is 16.1. The van der Waals surface area contributed by atoms with Gasteiger partial charge in [-0.25, -0.2) is 0 Å². The zero-order valence-electron chi connectivity index (χ0n) is 14.3. The fourth-order valence-electron chi connectivity index (χ4n) is 2.29. The lowest BCUT2D eigenvalue weighted by atomic mass is 10.2. The Morgan fingerprint density at radius 2 is 2.08 bits per heavy atom. The number of aryl methyl sites for hydroxylation is 1. The maximum absolute atomic E-state index is 12.6. The number of carbonyl (C=O) groups excluding carboxylic acids is 1. The second-order valence-corrected chi connectivity index (χ2v) is 5.63. The van der Waals surface area contributed by atoms with Gasteiger partial charge in [-0.15, -0.1) is 10.2 Å². The molecule has 9 heteroatoms. The molecule has 0 spiro atoms. The minimum atomic E-state index is -0.594. The largest absolute Gasteiger partial charge is 0.337 e. The van der Waals surface area contributed by atoms with E-state index in [-0.39, 0.29) is 12.5 Å². The van der Waals surface area contributed by atoms with Crippen molar-refractivity contribution in [3.8, 4) is 11.4 Å². The lowest BCUT2D eigenvalue weighted by Crippen LogP contribution is -2.33. The molecule has 3 rings (SSSR count). The minimum absolute atomic E-state index is 0.173. The molecule has 0 fully saturated rings. The Bertz CT molecular complexity index is 843. The second kappa shape index (κ2) is 7.20. The van der Waals surface area contributed by atoms with Crippen molar-refractivity contribution in [2.75, 3.05) is 7.05 Å². The number of likely N-dealkylation sites (N-methyl/N-ethyl adjacent to an activating group) is 1. The van der Waals surface area contributed by atoms with Crippen LogP contribution in [0.3, 0.4) is 0 Å². The van der Waals surface area contributed by atoms with Gasteiger partial charge in [0.15, 0.2) is 5.82 Å². The van der Waals surface area contributed by atoms with Gasteiger partial charge in [0, 0.05) is 19.0 Å². The molecule has 0 bridgehead atoms. The number of hydrogen-bond donors (Lipinski definition) is 0. The van der Waals surface area contributed by atoms with E-state index in [1.807, 2.05) is 37.3 Å². The monoisotopic (exact) mass is 341 g/mol. The Balaban J connectivity index is 1.68. The van der Waals surface area contributed by atoms with Crippen molar-refractivity contribution in [1.82, 2.24) is 35.2 Å². The maximum Gasteiger partial charge on any atom is 0.249 e. The van der Waals surface area contributed by atoms with Crippen LogP contribution in [-0.4, -0.2) is 48.2 Å². The Labute approximate surface area is 144 Å². The van der Waals surface area contributed by atoms with Gasteiger partial charge in [0.25, 0.3) is 0 Å². The number of rotatable bonds is 6. The van der Waals surface area contributed by atoms with Crippen LogP contribution in [0.1, 0.15) is 31.6 Å². The molecule has 0 aliphatic rings. The number of carbonyl (C=O) groups is 1. The van der Waals surface area contributed by atoms with Crippen LogP contribution in [0.2, 0.25) is 0 Å². The van der Waals surface area contributed by atoms with Gasteiger partial charge < -0.3 is 9.42 Å². The number of tetrazole rings is 1. The van der Waals surface area contributed by atoms with Gasteiger partial charge in [0.2, 0.25) is 17.6 Å². The van der Waals surface area contributed by atoms with E-state index < -0.39 is 6.04 Å². The van der Waals surface area contributed by atoms with E-state index in [1.54, 1.807) is 14.0 Å². The molecule has 0 radical (unpaired) electrons. The third-order valence-electron chi connectivity index (χ3n) is 3.74. The molecule has 2 heterocycles. The molecular weight excluding hydrogens is 322 g/mol. The van der Waals surface area contributed by atoms with Crippen LogP contribution in [0.5, 0.6) is 0 Å².